The molecule has 0 fully saturated rings. The fraction of sp³-hybridized carbons (Fsp3) is 0.444. The molecular formula is C9H11BNO2S. The maximum absolute atomic E-state index is 10.3. The Labute approximate surface area is 87.6 Å². The molecule has 0 spiro atoms. The van der Waals surface area contributed by atoms with E-state index in [1.54, 1.807) is 18.8 Å². The normalized spacial score (nSPS) is 16.4. The Morgan fingerprint density at radius 3 is 3.29 bits per heavy atom. The van der Waals surface area contributed by atoms with E-state index >= 15 is 0 Å². The molecule has 2 heterocycles. The van der Waals surface area contributed by atoms with Crippen molar-refractivity contribution in [2.75, 3.05) is 6.54 Å². The lowest BCUT2D eigenvalue weighted by atomic mass is 9.90. The first-order chi connectivity index (χ1) is 6.85. The zero-order valence-corrected chi connectivity index (χ0v) is 8.59. The predicted molar refractivity (Wildman–Crippen MR) is 56.9 cm³/mol. The topological polar surface area (TPSA) is 40.5 Å². The van der Waals surface area contributed by atoms with Crippen molar-refractivity contribution in [2.45, 2.75) is 19.6 Å². The number of rotatable bonds is 3. The van der Waals surface area contributed by atoms with Crippen molar-refractivity contribution >= 4 is 24.9 Å². The number of fused-ring (bicyclic) bond motifs is 1. The van der Waals surface area contributed by atoms with Crippen LogP contribution in [0.2, 0.25) is 0 Å². The Kier molecular flexibility index (Phi) is 3.00. The highest BCUT2D eigenvalue weighted by atomic mass is 32.1. The molecule has 2 rings (SSSR count). The number of carbonyl (C=O) groups excluding carboxylic acids is 1. The predicted octanol–water partition coefficient (Wildman–Crippen LogP) is 0.408. The van der Waals surface area contributed by atoms with Crippen molar-refractivity contribution in [3.63, 3.8) is 0 Å². The van der Waals surface area contributed by atoms with Crippen LogP contribution in [-0.4, -0.2) is 30.1 Å². The molecule has 1 N–H and O–H groups in total. The highest BCUT2D eigenvalue weighted by Gasteiger charge is 2.20. The van der Waals surface area contributed by atoms with Crippen LogP contribution >= 0.6 is 11.3 Å². The SMILES string of the molecule is O=C[B]N1CCc2scc(CO)c2C1. The van der Waals surface area contributed by atoms with Crippen molar-refractivity contribution in [3.8, 4) is 0 Å². The summed E-state index contributed by atoms with van der Waals surface area (Å²) in [4.78, 5) is 13.7. The van der Waals surface area contributed by atoms with Crippen LogP contribution in [0.4, 0.5) is 0 Å². The van der Waals surface area contributed by atoms with E-state index in [4.69, 9.17) is 5.11 Å². The summed E-state index contributed by atoms with van der Waals surface area (Å²) in [5, 5.41) is 11.1. The van der Waals surface area contributed by atoms with Crippen LogP contribution in [0, 0.1) is 0 Å². The third-order valence-electron chi connectivity index (χ3n) is 2.50. The van der Waals surface area contributed by atoms with Crippen molar-refractivity contribution in [3.05, 3.63) is 21.4 Å². The zero-order chi connectivity index (χ0) is 9.97. The summed E-state index contributed by atoms with van der Waals surface area (Å²) in [6, 6.07) is 0. The maximum Gasteiger partial charge on any atom is 0.293 e. The summed E-state index contributed by atoms with van der Waals surface area (Å²) < 4.78 is 0. The fourth-order valence-corrected chi connectivity index (χ4v) is 2.78. The van der Waals surface area contributed by atoms with E-state index in [0.29, 0.717) is 0 Å². The first-order valence-corrected chi connectivity index (χ1v) is 5.44. The monoisotopic (exact) mass is 208 g/mol. The first kappa shape index (κ1) is 9.89. The van der Waals surface area contributed by atoms with Crippen molar-refractivity contribution in [2.24, 2.45) is 0 Å². The van der Waals surface area contributed by atoms with Gasteiger partial charge in [0.15, 0.2) is 0 Å². The van der Waals surface area contributed by atoms with Gasteiger partial charge in [-0.1, -0.05) is 0 Å². The third kappa shape index (κ3) is 1.75. The fourth-order valence-electron chi connectivity index (χ4n) is 1.74. The number of hydrogen-bond acceptors (Lipinski definition) is 4. The lowest BCUT2D eigenvalue weighted by Crippen LogP contribution is -2.34. The molecule has 0 unspecified atom stereocenters. The second-order valence-electron chi connectivity index (χ2n) is 3.33. The van der Waals surface area contributed by atoms with Crippen molar-refractivity contribution in [1.29, 1.82) is 0 Å². The molecule has 0 saturated heterocycles. The Balaban J connectivity index is 2.18. The Bertz CT molecular complexity index is 326. The average Bonchev–Trinajstić information content (AvgIpc) is 2.60. The Morgan fingerprint density at radius 2 is 2.57 bits per heavy atom. The van der Waals surface area contributed by atoms with E-state index in [0.717, 1.165) is 31.3 Å². The van der Waals surface area contributed by atoms with Gasteiger partial charge in [0.1, 0.15) is 0 Å². The Morgan fingerprint density at radius 1 is 1.71 bits per heavy atom. The van der Waals surface area contributed by atoms with Crippen molar-refractivity contribution < 1.29 is 9.90 Å². The van der Waals surface area contributed by atoms with Gasteiger partial charge in [-0.15, -0.1) is 11.3 Å². The molecule has 0 atom stereocenters. The van der Waals surface area contributed by atoms with Gasteiger partial charge in [-0.3, -0.25) is 0 Å². The van der Waals surface area contributed by atoms with Gasteiger partial charge in [0.25, 0.3) is 7.41 Å². The van der Waals surface area contributed by atoms with Crippen LogP contribution in [-0.2, 0) is 24.4 Å². The van der Waals surface area contributed by atoms with Gasteiger partial charge in [0, 0.05) is 11.4 Å². The molecule has 1 aromatic rings. The molecule has 0 aliphatic carbocycles. The minimum atomic E-state index is 0.0980. The molecule has 73 valence electrons. The lowest BCUT2D eigenvalue weighted by molar-refractivity contribution is 0.279. The van der Waals surface area contributed by atoms with Crippen LogP contribution in [0.1, 0.15) is 16.0 Å². The van der Waals surface area contributed by atoms with Crippen LogP contribution in [0.15, 0.2) is 5.38 Å². The van der Waals surface area contributed by atoms with E-state index in [2.05, 4.69) is 0 Å². The smallest absolute Gasteiger partial charge is 0.293 e. The van der Waals surface area contributed by atoms with Gasteiger partial charge in [-0.2, -0.15) is 0 Å². The molecule has 1 aliphatic rings. The highest BCUT2D eigenvalue weighted by Crippen LogP contribution is 2.28. The van der Waals surface area contributed by atoms with E-state index in [1.807, 2.05) is 10.2 Å². The second-order valence-corrected chi connectivity index (χ2v) is 4.29. The molecule has 0 bridgehead atoms. The minimum absolute atomic E-state index is 0.0980. The van der Waals surface area contributed by atoms with Crippen LogP contribution in [0.25, 0.3) is 0 Å². The molecular weight excluding hydrogens is 197 g/mol. The molecule has 1 aromatic heterocycles. The number of hydrogen-bond donors (Lipinski definition) is 1. The molecule has 3 nitrogen and oxygen atoms in total. The number of nitrogens with zero attached hydrogens (tertiary/aromatic N) is 1. The summed E-state index contributed by atoms with van der Waals surface area (Å²) in [5.74, 6) is 0. The molecule has 1 aliphatic heterocycles. The quantitative estimate of drug-likeness (QED) is 0.577. The van der Waals surface area contributed by atoms with Crippen molar-refractivity contribution in [1.82, 2.24) is 4.81 Å². The van der Waals surface area contributed by atoms with E-state index in [-0.39, 0.29) is 6.61 Å². The lowest BCUT2D eigenvalue weighted by Gasteiger charge is -2.25. The number of thiophene rings is 1. The van der Waals surface area contributed by atoms with E-state index < -0.39 is 0 Å². The van der Waals surface area contributed by atoms with Crippen LogP contribution in [0.3, 0.4) is 0 Å². The minimum Gasteiger partial charge on any atom is -0.392 e. The van der Waals surface area contributed by atoms with E-state index in [9.17, 15) is 4.79 Å². The van der Waals surface area contributed by atoms with Crippen LogP contribution in [0.5, 0.6) is 0 Å². The number of aliphatic hydroxyl groups is 1. The largest absolute Gasteiger partial charge is 0.392 e. The summed E-state index contributed by atoms with van der Waals surface area (Å²) in [5.41, 5.74) is 2.22. The average molecular weight is 208 g/mol. The molecule has 0 aromatic carbocycles. The first-order valence-electron chi connectivity index (χ1n) is 4.57. The molecule has 5 heteroatoms. The van der Waals surface area contributed by atoms with Gasteiger partial charge in [-0.05, 0) is 29.5 Å². The molecule has 1 radical (unpaired) electrons. The van der Waals surface area contributed by atoms with Gasteiger partial charge in [0.05, 0.1) is 12.8 Å². The van der Waals surface area contributed by atoms with Gasteiger partial charge >= 0.3 is 0 Å². The van der Waals surface area contributed by atoms with Crippen LogP contribution < -0.4 is 0 Å². The summed E-state index contributed by atoms with van der Waals surface area (Å²) in [6.45, 7) is 1.76. The molecule has 14 heavy (non-hydrogen) atoms. The van der Waals surface area contributed by atoms with Gasteiger partial charge < -0.3 is 14.7 Å². The third-order valence-corrected chi connectivity index (χ3v) is 3.63. The standard InChI is InChI=1S/C9H11BNO2S/c12-4-7-5-14-9-1-2-11(10-6-13)3-8(7)9/h5-6,12H,1-4H2. The summed E-state index contributed by atoms with van der Waals surface area (Å²) >= 11 is 1.71. The summed E-state index contributed by atoms with van der Waals surface area (Å²) in [7, 11) is 1.57. The Hall–Kier alpha value is -0.645. The number of aliphatic hydroxyl groups excluding tert-OH is 1. The number of carbonyl (C=O) groups is 1. The molecule has 0 saturated carbocycles. The maximum atomic E-state index is 10.3. The van der Waals surface area contributed by atoms with Gasteiger partial charge in [0.2, 0.25) is 0 Å². The van der Waals surface area contributed by atoms with E-state index in [1.165, 1.54) is 10.4 Å². The zero-order valence-electron chi connectivity index (χ0n) is 7.77. The summed E-state index contributed by atoms with van der Waals surface area (Å²) in [6.07, 6.45) is 1.79. The van der Waals surface area contributed by atoms with Gasteiger partial charge in [-0.25, -0.2) is 0 Å². The second kappa shape index (κ2) is 4.25. The highest BCUT2D eigenvalue weighted by molar-refractivity contribution is 7.10. The molecule has 0 amide bonds.